The largest absolute Gasteiger partial charge is 0.489 e. The third kappa shape index (κ3) is 5.91. The van der Waals surface area contributed by atoms with Gasteiger partial charge in [-0.1, -0.05) is 25.7 Å². The van der Waals surface area contributed by atoms with Crippen molar-refractivity contribution in [3.8, 4) is 5.75 Å². The van der Waals surface area contributed by atoms with Crippen molar-refractivity contribution in [2.24, 2.45) is 17.5 Å². The highest BCUT2D eigenvalue weighted by atomic mass is 16.5. The van der Waals surface area contributed by atoms with Gasteiger partial charge in [0.1, 0.15) is 5.75 Å². The number of rotatable bonds is 10. The Labute approximate surface area is 189 Å². The van der Waals surface area contributed by atoms with E-state index in [4.69, 9.17) is 20.8 Å². The van der Waals surface area contributed by atoms with E-state index >= 15 is 0 Å². The topological polar surface area (TPSA) is 128 Å². The van der Waals surface area contributed by atoms with Gasteiger partial charge in [0.2, 0.25) is 5.89 Å². The number of aryl methyl sites for hydroxylation is 1. The van der Waals surface area contributed by atoms with Crippen LogP contribution in [-0.4, -0.2) is 39.8 Å². The van der Waals surface area contributed by atoms with Crippen molar-refractivity contribution in [3.05, 3.63) is 35.6 Å². The first-order valence-corrected chi connectivity index (χ1v) is 11.7. The lowest BCUT2D eigenvalue weighted by Gasteiger charge is -2.24. The molecule has 0 unspecified atom stereocenters. The van der Waals surface area contributed by atoms with Crippen LogP contribution in [0, 0.1) is 5.92 Å². The summed E-state index contributed by atoms with van der Waals surface area (Å²) in [5, 5.41) is 8.65. The molecule has 9 nitrogen and oxygen atoms in total. The molecule has 2 saturated carbocycles. The number of nitrogens with one attached hydrogen (secondary N) is 1. The summed E-state index contributed by atoms with van der Waals surface area (Å²) < 4.78 is 11.4. The van der Waals surface area contributed by atoms with Crippen LogP contribution in [0.5, 0.6) is 5.75 Å². The van der Waals surface area contributed by atoms with Gasteiger partial charge in [-0.25, -0.2) is 5.84 Å². The van der Waals surface area contributed by atoms with E-state index in [2.05, 4.69) is 20.4 Å². The number of ether oxygens (including phenoxy) is 1. The van der Waals surface area contributed by atoms with Gasteiger partial charge >= 0.3 is 0 Å². The number of hydrazine groups is 1. The van der Waals surface area contributed by atoms with Crippen LogP contribution in [0.3, 0.4) is 0 Å². The zero-order valence-corrected chi connectivity index (χ0v) is 18.9. The maximum absolute atomic E-state index is 6.40. The fourth-order valence-corrected chi connectivity index (χ4v) is 4.24. The molecule has 0 aliphatic heterocycles. The Hall–Kier alpha value is -2.81. The Balaban J connectivity index is 1.35. The molecule has 174 valence electrons. The second kappa shape index (κ2) is 10.7. The molecule has 2 fully saturated rings. The molecule has 32 heavy (non-hydrogen) atoms. The molecule has 2 aliphatic carbocycles. The molecule has 0 amide bonds. The van der Waals surface area contributed by atoms with Crippen LogP contribution >= 0.6 is 0 Å². The van der Waals surface area contributed by atoms with Crippen LogP contribution in [-0.2, 0) is 6.42 Å². The van der Waals surface area contributed by atoms with E-state index in [0.717, 1.165) is 37.4 Å². The smallest absolute Gasteiger partial charge is 0.263 e. The SMILES string of the molecule is CN(N)/C(CNc1noc(CCC2CCC2)n1)=C(\N)c1ccc(OC2CCCCC2)cn1. The summed E-state index contributed by atoms with van der Waals surface area (Å²) in [6, 6.07) is 3.78. The molecule has 0 atom stereocenters. The number of nitrogens with zero attached hydrogens (tertiary/aromatic N) is 4. The monoisotopic (exact) mass is 441 g/mol. The minimum absolute atomic E-state index is 0.285. The number of nitrogens with two attached hydrogens (primary N) is 2. The Morgan fingerprint density at radius 1 is 1.19 bits per heavy atom. The average molecular weight is 442 g/mol. The number of likely N-dealkylation sites (N-methyl/N-ethyl adjacent to an activating group) is 1. The minimum atomic E-state index is 0.285. The first-order chi connectivity index (χ1) is 15.6. The summed E-state index contributed by atoms with van der Waals surface area (Å²) in [4.78, 5) is 8.92. The average Bonchev–Trinajstić information content (AvgIpc) is 3.21. The lowest BCUT2D eigenvalue weighted by molar-refractivity contribution is 0.154. The van der Waals surface area contributed by atoms with Crippen molar-refractivity contribution in [2.75, 3.05) is 18.9 Å². The molecule has 0 radical (unpaired) electrons. The number of pyridine rings is 1. The molecule has 9 heteroatoms. The third-order valence-corrected chi connectivity index (χ3v) is 6.48. The van der Waals surface area contributed by atoms with Gasteiger partial charge in [-0.05, 0) is 55.3 Å². The molecule has 2 aliphatic rings. The van der Waals surface area contributed by atoms with Gasteiger partial charge in [-0.15, -0.1) is 0 Å². The third-order valence-electron chi connectivity index (χ3n) is 6.48. The summed E-state index contributed by atoms with van der Waals surface area (Å²) in [6.45, 7) is 0.350. The summed E-state index contributed by atoms with van der Waals surface area (Å²) in [5.41, 5.74) is 8.21. The van der Waals surface area contributed by atoms with Gasteiger partial charge in [0.05, 0.1) is 35.9 Å². The Morgan fingerprint density at radius 3 is 2.66 bits per heavy atom. The molecule has 4 rings (SSSR count). The molecule has 2 aromatic rings. The van der Waals surface area contributed by atoms with Gasteiger partial charge in [-0.2, -0.15) is 4.98 Å². The predicted octanol–water partition coefficient (Wildman–Crippen LogP) is 3.45. The summed E-state index contributed by atoms with van der Waals surface area (Å²) in [7, 11) is 1.74. The predicted molar refractivity (Wildman–Crippen MR) is 123 cm³/mol. The Morgan fingerprint density at radius 2 is 2.00 bits per heavy atom. The van der Waals surface area contributed by atoms with E-state index in [1.54, 1.807) is 13.2 Å². The van der Waals surface area contributed by atoms with Gasteiger partial charge in [0.15, 0.2) is 0 Å². The zero-order valence-electron chi connectivity index (χ0n) is 18.9. The van der Waals surface area contributed by atoms with Gasteiger partial charge in [0.25, 0.3) is 5.95 Å². The number of hydrogen-bond donors (Lipinski definition) is 3. The first-order valence-electron chi connectivity index (χ1n) is 11.7. The van der Waals surface area contributed by atoms with Crippen molar-refractivity contribution in [1.82, 2.24) is 20.1 Å². The molecular weight excluding hydrogens is 406 g/mol. The highest BCUT2D eigenvalue weighted by molar-refractivity contribution is 5.63. The summed E-state index contributed by atoms with van der Waals surface area (Å²) in [5.74, 6) is 8.72. The second-order valence-electron chi connectivity index (χ2n) is 8.93. The lowest BCUT2D eigenvalue weighted by Crippen LogP contribution is -2.32. The standard InChI is InChI=1S/C23H35N7O2/c1-30(25)20(15-27-23-28-21(32-29-23)13-10-16-6-5-7-16)22(24)19-12-11-18(14-26-19)31-17-8-3-2-4-9-17/h11-12,14,16-17H,2-10,13,15,24-25H2,1H3,(H,27,29)/b22-20-. The molecule has 0 saturated heterocycles. The second-order valence-corrected chi connectivity index (χ2v) is 8.93. The van der Waals surface area contributed by atoms with Gasteiger partial charge < -0.3 is 25.3 Å². The Bertz CT molecular complexity index is 884. The molecular formula is C23H35N7O2. The molecule has 2 aromatic heterocycles. The van der Waals surface area contributed by atoms with Crippen molar-refractivity contribution in [2.45, 2.75) is 70.3 Å². The molecule has 2 heterocycles. The van der Waals surface area contributed by atoms with Crippen LogP contribution in [0.4, 0.5) is 5.95 Å². The highest BCUT2D eigenvalue weighted by Crippen LogP contribution is 2.30. The van der Waals surface area contributed by atoms with Crippen LogP contribution in [0.15, 0.2) is 28.5 Å². The summed E-state index contributed by atoms with van der Waals surface area (Å²) >= 11 is 0. The Kier molecular flexibility index (Phi) is 7.47. The molecule has 0 bridgehead atoms. The molecule has 5 N–H and O–H groups in total. The van der Waals surface area contributed by atoms with Gasteiger partial charge in [-0.3, -0.25) is 4.98 Å². The molecule has 0 spiro atoms. The van der Waals surface area contributed by atoms with E-state index < -0.39 is 0 Å². The fraction of sp³-hybridized carbons (Fsp3) is 0.609. The van der Waals surface area contributed by atoms with Crippen LogP contribution in [0.2, 0.25) is 0 Å². The van der Waals surface area contributed by atoms with Crippen molar-refractivity contribution >= 4 is 11.6 Å². The van der Waals surface area contributed by atoms with Crippen LogP contribution < -0.4 is 21.6 Å². The van der Waals surface area contributed by atoms with E-state index in [0.29, 0.717) is 35.5 Å². The van der Waals surface area contributed by atoms with E-state index in [1.165, 1.54) is 43.5 Å². The fourth-order valence-electron chi connectivity index (χ4n) is 4.24. The quantitative estimate of drug-likeness (QED) is 0.375. The molecule has 0 aromatic carbocycles. The minimum Gasteiger partial charge on any atom is -0.489 e. The van der Waals surface area contributed by atoms with E-state index in [9.17, 15) is 0 Å². The van der Waals surface area contributed by atoms with Crippen molar-refractivity contribution in [3.63, 3.8) is 0 Å². The normalized spacial score (nSPS) is 18.1. The van der Waals surface area contributed by atoms with E-state index in [1.807, 2.05) is 12.1 Å². The first kappa shape index (κ1) is 22.4. The number of hydrogen-bond acceptors (Lipinski definition) is 9. The number of anilines is 1. The van der Waals surface area contributed by atoms with Crippen LogP contribution in [0.25, 0.3) is 5.70 Å². The maximum atomic E-state index is 6.40. The van der Waals surface area contributed by atoms with E-state index in [-0.39, 0.29) is 6.10 Å². The number of aromatic nitrogens is 3. The van der Waals surface area contributed by atoms with Crippen molar-refractivity contribution < 1.29 is 9.26 Å². The van der Waals surface area contributed by atoms with Crippen LogP contribution in [0.1, 0.15) is 69.4 Å². The lowest BCUT2D eigenvalue weighted by atomic mass is 9.82. The maximum Gasteiger partial charge on any atom is 0.263 e. The summed E-state index contributed by atoms with van der Waals surface area (Å²) in [6.07, 6.45) is 13.9. The zero-order chi connectivity index (χ0) is 22.3. The highest BCUT2D eigenvalue weighted by Gasteiger charge is 2.19. The van der Waals surface area contributed by atoms with Gasteiger partial charge in [0, 0.05) is 13.5 Å². The van der Waals surface area contributed by atoms with Crippen molar-refractivity contribution in [1.29, 1.82) is 0 Å².